The van der Waals surface area contributed by atoms with Crippen LogP contribution in [0.3, 0.4) is 0 Å². The van der Waals surface area contributed by atoms with E-state index in [-0.39, 0.29) is 16.5 Å². The molecule has 2 aromatic carbocycles. The van der Waals surface area contributed by atoms with Gasteiger partial charge in [-0.3, -0.25) is 9.59 Å². The van der Waals surface area contributed by atoms with E-state index in [0.717, 1.165) is 0 Å². The Bertz CT molecular complexity index is 989. The van der Waals surface area contributed by atoms with E-state index in [9.17, 15) is 18.0 Å². The maximum Gasteiger partial charge on any atom is 0.255 e. The summed E-state index contributed by atoms with van der Waals surface area (Å²) in [6, 6.07) is 11.5. The van der Waals surface area contributed by atoms with Gasteiger partial charge in [-0.05, 0) is 43.2 Å². The van der Waals surface area contributed by atoms with Crippen LogP contribution in [0.4, 0.5) is 5.69 Å². The summed E-state index contributed by atoms with van der Waals surface area (Å²) in [4.78, 5) is 25.4. The number of anilines is 1. The molecule has 0 aliphatic heterocycles. The number of nitrogens with one attached hydrogen (secondary N) is 2. The number of hydrogen-bond donors (Lipinski definition) is 3. The van der Waals surface area contributed by atoms with Gasteiger partial charge in [0.25, 0.3) is 5.91 Å². The number of primary sulfonamides is 1. The third-order valence-corrected chi connectivity index (χ3v) is 5.01. The number of rotatable bonds is 8. The largest absolute Gasteiger partial charge is 0.493 e. The van der Waals surface area contributed by atoms with Gasteiger partial charge in [-0.25, -0.2) is 13.6 Å². The predicted molar refractivity (Wildman–Crippen MR) is 110 cm³/mol. The first-order chi connectivity index (χ1) is 13.6. The first-order valence-corrected chi connectivity index (χ1v) is 10.6. The van der Waals surface area contributed by atoms with Gasteiger partial charge in [-0.15, -0.1) is 0 Å². The third kappa shape index (κ3) is 6.03. The molecule has 0 bridgehead atoms. The summed E-state index contributed by atoms with van der Waals surface area (Å²) in [7, 11) is -3.90. The SMILES string of the molecule is CCOc1ccccc1C(=O)N[C@H](C(=O)Nc1cccc(S(N)(=O)=O)c1)C(C)C. The molecule has 0 radical (unpaired) electrons. The summed E-state index contributed by atoms with van der Waals surface area (Å²) in [6.07, 6.45) is 0. The van der Waals surface area contributed by atoms with Crippen LogP contribution in [0.5, 0.6) is 5.75 Å². The molecule has 9 heteroatoms. The normalized spacial score (nSPS) is 12.3. The Kier molecular flexibility index (Phi) is 7.35. The van der Waals surface area contributed by atoms with E-state index >= 15 is 0 Å². The van der Waals surface area contributed by atoms with Crippen molar-refractivity contribution in [2.24, 2.45) is 11.1 Å². The number of benzene rings is 2. The minimum atomic E-state index is -3.90. The molecule has 0 spiro atoms. The van der Waals surface area contributed by atoms with Gasteiger partial charge in [0.2, 0.25) is 15.9 Å². The van der Waals surface area contributed by atoms with E-state index in [0.29, 0.717) is 17.9 Å². The number of hydrogen-bond acceptors (Lipinski definition) is 5. The zero-order valence-corrected chi connectivity index (χ0v) is 17.3. The summed E-state index contributed by atoms with van der Waals surface area (Å²) in [5.74, 6) is -0.717. The van der Waals surface area contributed by atoms with Crippen molar-refractivity contribution >= 4 is 27.5 Å². The predicted octanol–water partition coefficient (Wildman–Crippen LogP) is 2.13. The Morgan fingerprint density at radius 1 is 1.10 bits per heavy atom. The maximum absolute atomic E-state index is 12.8. The Balaban J connectivity index is 2.20. The van der Waals surface area contributed by atoms with E-state index in [1.165, 1.54) is 24.3 Å². The summed E-state index contributed by atoms with van der Waals surface area (Å²) in [6.45, 7) is 5.80. The highest BCUT2D eigenvalue weighted by atomic mass is 32.2. The monoisotopic (exact) mass is 419 g/mol. The fourth-order valence-corrected chi connectivity index (χ4v) is 3.22. The first-order valence-electron chi connectivity index (χ1n) is 9.10. The number of sulfonamides is 1. The second-order valence-electron chi connectivity index (χ2n) is 6.69. The van der Waals surface area contributed by atoms with E-state index in [1.54, 1.807) is 38.1 Å². The second kappa shape index (κ2) is 9.53. The number of amides is 2. The van der Waals surface area contributed by atoms with Crippen LogP contribution >= 0.6 is 0 Å². The van der Waals surface area contributed by atoms with Crippen molar-refractivity contribution in [2.75, 3.05) is 11.9 Å². The smallest absolute Gasteiger partial charge is 0.255 e. The average Bonchev–Trinajstić information content (AvgIpc) is 2.65. The van der Waals surface area contributed by atoms with Gasteiger partial charge < -0.3 is 15.4 Å². The lowest BCUT2D eigenvalue weighted by atomic mass is 10.0. The van der Waals surface area contributed by atoms with Crippen molar-refractivity contribution < 1.29 is 22.7 Å². The maximum atomic E-state index is 12.8. The van der Waals surface area contributed by atoms with Crippen molar-refractivity contribution in [1.29, 1.82) is 0 Å². The van der Waals surface area contributed by atoms with Gasteiger partial charge in [0, 0.05) is 5.69 Å². The molecule has 29 heavy (non-hydrogen) atoms. The van der Waals surface area contributed by atoms with Gasteiger partial charge in [-0.2, -0.15) is 0 Å². The van der Waals surface area contributed by atoms with Gasteiger partial charge in [0.1, 0.15) is 11.8 Å². The molecule has 2 rings (SSSR count). The molecule has 156 valence electrons. The van der Waals surface area contributed by atoms with Crippen LogP contribution in [0.15, 0.2) is 53.4 Å². The molecule has 2 amide bonds. The number of carbonyl (C=O) groups is 2. The topological polar surface area (TPSA) is 128 Å². The molecule has 0 aromatic heterocycles. The Morgan fingerprint density at radius 3 is 2.41 bits per heavy atom. The molecular weight excluding hydrogens is 394 g/mol. The minimum Gasteiger partial charge on any atom is -0.493 e. The highest BCUT2D eigenvalue weighted by molar-refractivity contribution is 7.89. The quantitative estimate of drug-likeness (QED) is 0.604. The molecule has 0 aliphatic carbocycles. The average molecular weight is 420 g/mol. The summed E-state index contributed by atoms with van der Waals surface area (Å²) in [5.41, 5.74) is 0.583. The summed E-state index contributed by atoms with van der Waals surface area (Å²) < 4.78 is 28.5. The molecule has 0 saturated carbocycles. The van der Waals surface area contributed by atoms with Crippen LogP contribution in [0.1, 0.15) is 31.1 Å². The van der Waals surface area contributed by atoms with Gasteiger partial charge in [0.05, 0.1) is 17.1 Å². The number of ether oxygens (including phenoxy) is 1. The summed E-state index contributed by atoms with van der Waals surface area (Å²) >= 11 is 0. The van der Waals surface area contributed by atoms with Crippen LogP contribution in [0.25, 0.3) is 0 Å². The molecule has 1 atom stereocenters. The number of nitrogens with two attached hydrogens (primary N) is 1. The molecular formula is C20H25N3O5S. The second-order valence-corrected chi connectivity index (χ2v) is 8.25. The van der Waals surface area contributed by atoms with Gasteiger partial charge in [0.15, 0.2) is 0 Å². The Labute approximate surface area is 170 Å². The lowest BCUT2D eigenvalue weighted by Gasteiger charge is -2.22. The molecule has 8 nitrogen and oxygen atoms in total. The molecule has 0 fully saturated rings. The molecule has 0 saturated heterocycles. The van der Waals surface area contributed by atoms with Crippen molar-refractivity contribution in [3.63, 3.8) is 0 Å². The number of carbonyl (C=O) groups excluding carboxylic acids is 2. The number of para-hydroxylation sites is 1. The molecule has 0 unspecified atom stereocenters. The van der Waals surface area contributed by atoms with Gasteiger partial charge >= 0.3 is 0 Å². The third-order valence-electron chi connectivity index (χ3n) is 4.10. The summed E-state index contributed by atoms with van der Waals surface area (Å²) in [5, 5.41) is 10.5. The van der Waals surface area contributed by atoms with Crippen molar-refractivity contribution in [2.45, 2.75) is 31.7 Å². The lowest BCUT2D eigenvalue weighted by molar-refractivity contribution is -0.118. The molecule has 4 N–H and O–H groups in total. The van der Waals surface area contributed by atoms with Crippen molar-refractivity contribution in [1.82, 2.24) is 5.32 Å². The Morgan fingerprint density at radius 2 is 1.79 bits per heavy atom. The van der Waals surface area contributed by atoms with E-state index in [1.807, 2.05) is 6.92 Å². The highest BCUT2D eigenvalue weighted by Crippen LogP contribution is 2.19. The highest BCUT2D eigenvalue weighted by Gasteiger charge is 2.26. The van der Waals surface area contributed by atoms with Crippen molar-refractivity contribution in [3.8, 4) is 5.75 Å². The van der Waals surface area contributed by atoms with Crippen LogP contribution in [-0.4, -0.2) is 32.9 Å². The van der Waals surface area contributed by atoms with E-state index in [2.05, 4.69) is 10.6 Å². The lowest BCUT2D eigenvalue weighted by Crippen LogP contribution is -2.47. The van der Waals surface area contributed by atoms with Crippen molar-refractivity contribution in [3.05, 3.63) is 54.1 Å². The van der Waals surface area contributed by atoms with E-state index < -0.39 is 27.9 Å². The fraction of sp³-hybridized carbons (Fsp3) is 0.300. The standard InChI is InChI=1S/C20H25N3O5S/c1-4-28-17-11-6-5-10-16(17)19(24)23-18(13(2)3)20(25)22-14-8-7-9-15(12-14)29(21,26)27/h5-13,18H,4H2,1-3H3,(H,22,25)(H,23,24)(H2,21,26,27)/t18-/m0/s1. The zero-order chi connectivity index (χ0) is 21.6. The van der Waals surface area contributed by atoms with Crippen LogP contribution in [0, 0.1) is 5.92 Å². The molecule has 2 aromatic rings. The molecule has 0 aliphatic rings. The minimum absolute atomic E-state index is 0.119. The van der Waals surface area contributed by atoms with E-state index in [4.69, 9.17) is 9.88 Å². The zero-order valence-electron chi connectivity index (χ0n) is 16.5. The Hall–Kier alpha value is -2.91. The van der Waals surface area contributed by atoms with Crippen LogP contribution < -0.4 is 20.5 Å². The van der Waals surface area contributed by atoms with Crippen LogP contribution in [-0.2, 0) is 14.8 Å². The van der Waals surface area contributed by atoms with Gasteiger partial charge in [-0.1, -0.05) is 32.0 Å². The first kappa shape index (κ1) is 22.4. The fourth-order valence-electron chi connectivity index (χ4n) is 2.66. The van der Waals surface area contributed by atoms with Crippen LogP contribution in [0.2, 0.25) is 0 Å². The molecule has 0 heterocycles.